The summed E-state index contributed by atoms with van der Waals surface area (Å²) in [5.41, 5.74) is 0.332. The van der Waals surface area contributed by atoms with Crippen LogP contribution >= 0.6 is 0 Å². The van der Waals surface area contributed by atoms with Crippen LogP contribution in [0, 0.1) is 5.41 Å². The fraction of sp³-hybridized carbons (Fsp3) is 0.643. The van der Waals surface area contributed by atoms with Crippen molar-refractivity contribution in [2.24, 2.45) is 5.41 Å². The monoisotopic (exact) mass is 315 g/mol. The van der Waals surface area contributed by atoms with E-state index < -0.39 is 10.0 Å². The normalized spacial score (nSPS) is 12.4. The second-order valence-electron chi connectivity index (χ2n) is 5.62. The number of methoxy groups -OCH3 is 1. The number of hydrogen-bond donors (Lipinski definition) is 2. The molecule has 1 heterocycles. The van der Waals surface area contributed by atoms with Gasteiger partial charge in [-0.25, -0.2) is 18.1 Å². The second kappa shape index (κ2) is 7.72. The summed E-state index contributed by atoms with van der Waals surface area (Å²) < 4.78 is 32.5. The Hall–Kier alpha value is -1.18. The minimum absolute atomic E-state index is 0.0365. The molecule has 0 aromatic carbocycles. The van der Waals surface area contributed by atoms with E-state index in [1.807, 2.05) is 20.8 Å². The summed E-state index contributed by atoms with van der Waals surface area (Å²) in [6.45, 7) is 7.47. The third-order valence-electron chi connectivity index (χ3n) is 3.12. The van der Waals surface area contributed by atoms with E-state index in [0.29, 0.717) is 25.4 Å². The van der Waals surface area contributed by atoms with Crippen LogP contribution in [-0.4, -0.2) is 40.2 Å². The molecule has 0 aliphatic heterocycles. The van der Waals surface area contributed by atoms with Gasteiger partial charge in [-0.2, -0.15) is 0 Å². The van der Waals surface area contributed by atoms with Crippen molar-refractivity contribution in [2.45, 2.75) is 32.2 Å². The Morgan fingerprint density at radius 2 is 2.10 bits per heavy atom. The maximum Gasteiger partial charge on any atom is 0.260 e. The summed E-state index contributed by atoms with van der Waals surface area (Å²) in [4.78, 5) is 3.99. The summed E-state index contributed by atoms with van der Waals surface area (Å²) in [6.07, 6.45) is 2.25. The third kappa shape index (κ3) is 5.61. The smallest absolute Gasteiger partial charge is 0.260 e. The average Bonchev–Trinajstić information content (AvgIpc) is 2.44. The molecule has 1 aromatic heterocycles. The highest BCUT2D eigenvalue weighted by Gasteiger charge is 2.24. The van der Waals surface area contributed by atoms with Crippen molar-refractivity contribution in [1.82, 2.24) is 9.71 Å². The molecule has 0 aliphatic rings. The SMILES string of the molecule is CCNc1cccnc1S(=O)(=O)NCC(C)(C)CCOC. The molecule has 0 radical (unpaired) electrons. The summed E-state index contributed by atoms with van der Waals surface area (Å²) >= 11 is 0. The third-order valence-corrected chi connectivity index (χ3v) is 4.48. The number of nitrogens with zero attached hydrogens (tertiary/aromatic N) is 1. The molecule has 0 amide bonds. The molecule has 0 unspecified atom stereocenters. The summed E-state index contributed by atoms with van der Waals surface area (Å²) in [5, 5.41) is 3.05. The van der Waals surface area contributed by atoms with Gasteiger partial charge >= 0.3 is 0 Å². The largest absolute Gasteiger partial charge is 0.385 e. The van der Waals surface area contributed by atoms with E-state index >= 15 is 0 Å². The number of sulfonamides is 1. The molecule has 0 spiro atoms. The van der Waals surface area contributed by atoms with E-state index in [1.54, 1.807) is 19.2 Å². The van der Waals surface area contributed by atoms with Crippen molar-refractivity contribution in [2.75, 3.05) is 32.1 Å². The molecule has 0 saturated carbocycles. The number of pyridine rings is 1. The molecule has 21 heavy (non-hydrogen) atoms. The summed E-state index contributed by atoms with van der Waals surface area (Å²) in [7, 11) is -2.00. The molecule has 0 saturated heterocycles. The average molecular weight is 315 g/mol. The lowest BCUT2D eigenvalue weighted by atomic mass is 9.90. The lowest BCUT2D eigenvalue weighted by Crippen LogP contribution is -2.35. The molecule has 2 N–H and O–H groups in total. The van der Waals surface area contributed by atoms with Crippen LogP contribution in [-0.2, 0) is 14.8 Å². The van der Waals surface area contributed by atoms with Gasteiger partial charge in [0.1, 0.15) is 0 Å². The highest BCUT2D eigenvalue weighted by atomic mass is 32.2. The molecule has 0 fully saturated rings. The quantitative estimate of drug-likeness (QED) is 0.727. The number of nitrogens with one attached hydrogen (secondary N) is 2. The van der Waals surface area contributed by atoms with Gasteiger partial charge in [0.2, 0.25) is 0 Å². The van der Waals surface area contributed by atoms with Crippen LogP contribution in [0.4, 0.5) is 5.69 Å². The molecular formula is C14H25N3O3S. The highest BCUT2D eigenvalue weighted by molar-refractivity contribution is 7.89. The van der Waals surface area contributed by atoms with Crippen LogP contribution in [0.3, 0.4) is 0 Å². The van der Waals surface area contributed by atoms with Crippen molar-refractivity contribution >= 4 is 15.7 Å². The van der Waals surface area contributed by atoms with Gasteiger partial charge in [0, 0.05) is 33.0 Å². The van der Waals surface area contributed by atoms with Gasteiger partial charge in [-0.05, 0) is 30.9 Å². The minimum atomic E-state index is -3.64. The van der Waals surface area contributed by atoms with Gasteiger partial charge in [-0.1, -0.05) is 13.8 Å². The standard InChI is InChI=1S/C14H25N3O3S/c1-5-15-12-7-6-9-16-13(12)21(18,19)17-11-14(2,3)8-10-20-4/h6-7,9,15,17H,5,8,10-11H2,1-4H3. The first-order valence-corrected chi connectivity index (χ1v) is 8.48. The van der Waals surface area contributed by atoms with Crippen molar-refractivity contribution in [3.63, 3.8) is 0 Å². The van der Waals surface area contributed by atoms with Gasteiger partial charge in [-0.15, -0.1) is 0 Å². The fourth-order valence-electron chi connectivity index (χ4n) is 1.76. The number of hydrogen-bond acceptors (Lipinski definition) is 5. The summed E-state index contributed by atoms with van der Waals surface area (Å²) in [5.74, 6) is 0. The van der Waals surface area contributed by atoms with Crippen LogP contribution in [0.2, 0.25) is 0 Å². The van der Waals surface area contributed by atoms with Crippen molar-refractivity contribution in [3.8, 4) is 0 Å². The maximum absolute atomic E-state index is 12.4. The molecule has 1 rings (SSSR count). The van der Waals surface area contributed by atoms with Crippen molar-refractivity contribution < 1.29 is 13.2 Å². The molecular weight excluding hydrogens is 290 g/mol. The van der Waals surface area contributed by atoms with Crippen molar-refractivity contribution in [1.29, 1.82) is 0 Å². The summed E-state index contributed by atoms with van der Waals surface area (Å²) in [6, 6.07) is 3.42. The Bertz CT molecular complexity index is 544. The molecule has 7 heteroatoms. The first kappa shape index (κ1) is 17.9. The Balaban J connectivity index is 2.83. The fourth-order valence-corrected chi connectivity index (χ4v) is 3.10. The second-order valence-corrected chi connectivity index (χ2v) is 7.30. The Kier molecular flexibility index (Phi) is 6.57. The zero-order valence-electron chi connectivity index (χ0n) is 13.1. The van der Waals surface area contributed by atoms with Crippen LogP contribution < -0.4 is 10.0 Å². The van der Waals surface area contributed by atoms with Crippen LogP contribution in [0.15, 0.2) is 23.4 Å². The number of anilines is 1. The maximum atomic E-state index is 12.4. The zero-order valence-corrected chi connectivity index (χ0v) is 14.0. The molecule has 120 valence electrons. The first-order chi connectivity index (χ1) is 9.82. The van der Waals surface area contributed by atoms with Crippen LogP contribution in [0.25, 0.3) is 0 Å². The molecule has 0 aliphatic carbocycles. The molecule has 6 nitrogen and oxygen atoms in total. The topological polar surface area (TPSA) is 80.3 Å². The van der Waals surface area contributed by atoms with Gasteiger partial charge in [0.15, 0.2) is 5.03 Å². The first-order valence-electron chi connectivity index (χ1n) is 7.00. The van der Waals surface area contributed by atoms with E-state index in [9.17, 15) is 8.42 Å². The van der Waals surface area contributed by atoms with Crippen LogP contribution in [0.5, 0.6) is 0 Å². The molecule has 0 bridgehead atoms. The highest BCUT2D eigenvalue weighted by Crippen LogP contribution is 2.22. The lowest BCUT2D eigenvalue weighted by Gasteiger charge is -2.24. The van der Waals surface area contributed by atoms with E-state index in [-0.39, 0.29) is 10.4 Å². The number of ether oxygens (including phenoxy) is 1. The Labute approximate surface area is 127 Å². The molecule has 1 aromatic rings. The van der Waals surface area contributed by atoms with Gasteiger partial charge in [-0.3, -0.25) is 0 Å². The minimum Gasteiger partial charge on any atom is -0.385 e. The van der Waals surface area contributed by atoms with Gasteiger partial charge in [0.05, 0.1) is 5.69 Å². The van der Waals surface area contributed by atoms with Gasteiger partial charge in [0.25, 0.3) is 10.0 Å². The predicted octanol–water partition coefficient (Wildman–Crippen LogP) is 1.85. The van der Waals surface area contributed by atoms with E-state index in [1.165, 1.54) is 6.20 Å². The Morgan fingerprint density at radius 1 is 1.38 bits per heavy atom. The van der Waals surface area contributed by atoms with Crippen LogP contribution in [0.1, 0.15) is 27.2 Å². The van der Waals surface area contributed by atoms with Gasteiger partial charge < -0.3 is 10.1 Å². The van der Waals surface area contributed by atoms with E-state index in [2.05, 4.69) is 15.0 Å². The number of aromatic nitrogens is 1. The predicted molar refractivity (Wildman–Crippen MR) is 83.9 cm³/mol. The van der Waals surface area contributed by atoms with E-state index in [4.69, 9.17) is 4.74 Å². The lowest BCUT2D eigenvalue weighted by molar-refractivity contribution is 0.153. The van der Waals surface area contributed by atoms with Crippen molar-refractivity contribution in [3.05, 3.63) is 18.3 Å². The molecule has 0 atom stereocenters. The Morgan fingerprint density at radius 3 is 2.71 bits per heavy atom. The number of rotatable bonds is 9. The van der Waals surface area contributed by atoms with E-state index in [0.717, 1.165) is 6.42 Å². The zero-order chi connectivity index (χ0) is 15.9.